The highest BCUT2D eigenvalue weighted by Crippen LogP contribution is 2.41. The fourth-order valence-electron chi connectivity index (χ4n) is 3.08. The van der Waals surface area contributed by atoms with Gasteiger partial charge in [0.2, 0.25) is 9.27 Å². The second kappa shape index (κ2) is 9.80. The number of rotatable bonds is 7. The highest BCUT2D eigenvalue weighted by atomic mass is 35.5. The number of halogens is 1. The zero-order valence-corrected chi connectivity index (χ0v) is 18.8. The first-order valence-electron chi connectivity index (χ1n) is 9.48. The number of benzene rings is 2. The van der Waals surface area contributed by atoms with Gasteiger partial charge < -0.3 is 24.2 Å². The molecule has 2 heterocycles. The Morgan fingerprint density at radius 3 is 2.60 bits per heavy atom. The van der Waals surface area contributed by atoms with Gasteiger partial charge in [-0.1, -0.05) is 17.7 Å². The molecule has 1 fully saturated rings. The molecule has 2 N–H and O–H groups in total. The van der Waals surface area contributed by atoms with Crippen molar-refractivity contribution in [2.24, 2.45) is 0 Å². The van der Waals surface area contributed by atoms with Gasteiger partial charge in [0.25, 0.3) is 0 Å². The minimum atomic E-state index is -1.45. The maximum absolute atomic E-state index is 12.7. The number of hydrogen-bond acceptors (Lipinski definition) is 7. The number of piperazine rings is 1. The summed E-state index contributed by atoms with van der Waals surface area (Å²) in [5.41, 5.74) is 1.84. The second-order valence-electron chi connectivity index (χ2n) is 6.64. The van der Waals surface area contributed by atoms with Crippen molar-refractivity contribution in [3.63, 3.8) is 0 Å². The number of methoxy groups -OCH3 is 1. The van der Waals surface area contributed by atoms with E-state index in [4.69, 9.17) is 21.1 Å². The summed E-state index contributed by atoms with van der Waals surface area (Å²) in [5, 5.41) is 4.31. The van der Waals surface area contributed by atoms with Crippen molar-refractivity contribution in [1.82, 2.24) is 5.32 Å². The van der Waals surface area contributed by atoms with Crippen molar-refractivity contribution in [2.45, 2.75) is 4.21 Å². The summed E-state index contributed by atoms with van der Waals surface area (Å²) in [4.78, 5) is 2.32. The lowest BCUT2D eigenvalue weighted by atomic mass is 10.2. The van der Waals surface area contributed by atoms with E-state index in [-0.39, 0.29) is 0 Å². The smallest absolute Gasteiger partial charge is 0.238 e. The van der Waals surface area contributed by atoms with E-state index in [2.05, 4.69) is 21.0 Å². The molecule has 3 aromatic rings. The number of nitrogens with zero attached hydrogens (tertiary/aromatic N) is 1. The van der Waals surface area contributed by atoms with Crippen molar-refractivity contribution >= 4 is 45.7 Å². The van der Waals surface area contributed by atoms with Crippen molar-refractivity contribution in [3.05, 3.63) is 59.6 Å². The first-order valence-corrected chi connectivity index (χ1v) is 11.8. The van der Waals surface area contributed by atoms with Crippen LogP contribution in [0.15, 0.2) is 58.8 Å². The van der Waals surface area contributed by atoms with Crippen LogP contribution in [-0.4, -0.2) is 37.8 Å². The second-order valence-corrected chi connectivity index (χ2v) is 9.50. The first-order chi connectivity index (χ1) is 14.6. The lowest BCUT2D eigenvalue weighted by Gasteiger charge is -2.29. The molecular weight excluding hydrogens is 442 g/mol. The molecule has 1 atom stereocenters. The van der Waals surface area contributed by atoms with Crippen molar-refractivity contribution in [2.75, 3.05) is 42.9 Å². The van der Waals surface area contributed by atoms with Gasteiger partial charge in [0.1, 0.15) is 22.9 Å². The first kappa shape index (κ1) is 21.1. The molecule has 0 spiro atoms. The standard InChI is InChI=1S/C21H22ClN3O3S2/c1-27-17-7-5-15(6-8-17)24-30(26)20-14-19(22)21(29-20)28-18-4-2-3-16(13-18)25-11-9-23-10-12-25/h2-8,13-14,23-24H,9-12H2,1H3. The van der Waals surface area contributed by atoms with Crippen LogP contribution < -0.4 is 24.4 Å². The van der Waals surface area contributed by atoms with Gasteiger partial charge in [0, 0.05) is 44.0 Å². The van der Waals surface area contributed by atoms with E-state index in [1.165, 1.54) is 11.3 Å². The predicted molar refractivity (Wildman–Crippen MR) is 124 cm³/mol. The minimum Gasteiger partial charge on any atom is -0.587 e. The van der Waals surface area contributed by atoms with Crippen LogP contribution in [0.3, 0.4) is 0 Å². The normalized spacial score (nSPS) is 15.0. The molecule has 1 saturated heterocycles. The summed E-state index contributed by atoms with van der Waals surface area (Å²) in [5.74, 6) is 1.44. The summed E-state index contributed by atoms with van der Waals surface area (Å²) >= 11 is 6.17. The molecule has 0 amide bonds. The zero-order valence-electron chi connectivity index (χ0n) is 16.4. The average Bonchev–Trinajstić information content (AvgIpc) is 3.15. The van der Waals surface area contributed by atoms with Gasteiger partial charge in [-0.3, -0.25) is 0 Å². The minimum absolute atomic E-state index is 0.437. The SMILES string of the molecule is COc1ccc(N[S+]([O-])c2cc(Cl)c(Oc3cccc(N4CCNCC4)c3)s2)cc1. The van der Waals surface area contributed by atoms with Crippen LogP contribution in [0, 0.1) is 0 Å². The third-order valence-corrected chi connectivity index (χ3v) is 7.44. The molecule has 1 unspecified atom stereocenters. The van der Waals surface area contributed by atoms with Gasteiger partial charge in [-0.2, -0.15) is 0 Å². The highest BCUT2D eigenvalue weighted by Gasteiger charge is 2.21. The third-order valence-electron chi connectivity index (χ3n) is 4.63. The molecule has 1 aliphatic rings. The van der Waals surface area contributed by atoms with Gasteiger partial charge in [-0.05, 0) is 47.7 Å². The van der Waals surface area contributed by atoms with E-state index in [0.29, 0.717) is 20.0 Å². The molecule has 30 heavy (non-hydrogen) atoms. The predicted octanol–water partition coefficient (Wildman–Crippen LogP) is 4.75. The largest absolute Gasteiger partial charge is 0.587 e. The molecule has 0 radical (unpaired) electrons. The zero-order chi connectivity index (χ0) is 20.9. The Hall–Kier alpha value is -2.10. The number of anilines is 2. The summed E-state index contributed by atoms with van der Waals surface area (Å²) in [6.45, 7) is 3.86. The number of ether oxygens (including phenoxy) is 2. The molecule has 0 aliphatic carbocycles. The summed E-state index contributed by atoms with van der Waals surface area (Å²) in [6, 6.07) is 16.9. The van der Waals surface area contributed by atoms with E-state index in [9.17, 15) is 4.55 Å². The molecule has 158 valence electrons. The van der Waals surface area contributed by atoms with E-state index < -0.39 is 11.4 Å². The van der Waals surface area contributed by atoms with E-state index in [1.54, 1.807) is 25.3 Å². The Morgan fingerprint density at radius 2 is 1.87 bits per heavy atom. The highest BCUT2D eigenvalue weighted by molar-refractivity contribution is 7.94. The van der Waals surface area contributed by atoms with Crippen molar-refractivity contribution < 1.29 is 14.0 Å². The molecule has 1 aliphatic heterocycles. The Balaban J connectivity index is 1.44. The maximum Gasteiger partial charge on any atom is 0.238 e. The van der Waals surface area contributed by atoms with E-state index in [1.807, 2.05) is 30.3 Å². The lowest BCUT2D eigenvalue weighted by Crippen LogP contribution is -2.43. The summed E-state index contributed by atoms with van der Waals surface area (Å²) in [7, 11) is 1.61. The Kier molecular flexibility index (Phi) is 6.91. The molecule has 9 heteroatoms. The topological polar surface area (TPSA) is 68.8 Å². The molecule has 6 nitrogen and oxygen atoms in total. The monoisotopic (exact) mass is 463 g/mol. The molecule has 1 aromatic heterocycles. The summed E-state index contributed by atoms with van der Waals surface area (Å²) < 4.78 is 27.4. The number of thiophene rings is 1. The Bertz CT molecular complexity index is 978. The average molecular weight is 464 g/mol. The Labute approximate surface area is 188 Å². The van der Waals surface area contributed by atoms with Gasteiger partial charge >= 0.3 is 0 Å². The van der Waals surface area contributed by atoms with Crippen LogP contribution in [0.2, 0.25) is 5.02 Å². The molecule has 4 rings (SSSR count). The number of hydrogen-bond donors (Lipinski definition) is 2. The Morgan fingerprint density at radius 1 is 1.10 bits per heavy atom. The van der Waals surface area contributed by atoms with Gasteiger partial charge in [-0.15, -0.1) is 0 Å². The van der Waals surface area contributed by atoms with Gasteiger partial charge in [0.05, 0.1) is 17.8 Å². The fourth-order valence-corrected chi connectivity index (χ4v) is 5.46. The fraction of sp³-hybridized carbons (Fsp3) is 0.238. The quantitative estimate of drug-likeness (QED) is 0.493. The van der Waals surface area contributed by atoms with Crippen LogP contribution in [0.4, 0.5) is 11.4 Å². The maximum atomic E-state index is 12.7. The lowest BCUT2D eigenvalue weighted by molar-refractivity contribution is 0.415. The van der Waals surface area contributed by atoms with Gasteiger partial charge in [-0.25, -0.2) is 4.72 Å². The molecule has 0 bridgehead atoms. The van der Waals surface area contributed by atoms with Crippen LogP contribution in [0.5, 0.6) is 16.6 Å². The van der Waals surface area contributed by atoms with Crippen molar-refractivity contribution in [3.8, 4) is 16.6 Å². The van der Waals surface area contributed by atoms with Crippen LogP contribution in [0.1, 0.15) is 0 Å². The van der Waals surface area contributed by atoms with Gasteiger partial charge in [0.15, 0.2) is 0 Å². The van der Waals surface area contributed by atoms with Crippen LogP contribution in [0.25, 0.3) is 0 Å². The molecular formula is C21H22ClN3O3S2. The molecule has 0 saturated carbocycles. The number of nitrogens with one attached hydrogen (secondary N) is 2. The van der Waals surface area contributed by atoms with Crippen LogP contribution >= 0.6 is 22.9 Å². The van der Waals surface area contributed by atoms with E-state index in [0.717, 1.165) is 43.3 Å². The van der Waals surface area contributed by atoms with E-state index >= 15 is 0 Å². The van der Waals surface area contributed by atoms with Crippen molar-refractivity contribution in [1.29, 1.82) is 0 Å². The third kappa shape index (κ3) is 5.14. The molecule has 2 aromatic carbocycles. The summed E-state index contributed by atoms with van der Waals surface area (Å²) in [6.07, 6.45) is 0. The van der Waals surface area contributed by atoms with Crippen LogP contribution in [-0.2, 0) is 11.4 Å².